The number of rotatable bonds is 5. The van der Waals surface area contributed by atoms with Crippen LogP contribution in [-0.4, -0.2) is 22.9 Å². The summed E-state index contributed by atoms with van der Waals surface area (Å²) in [4.78, 5) is 0. The van der Waals surface area contributed by atoms with E-state index in [4.69, 9.17) is 0 Å². The normalized spacial score (nSPS) is 44.2. The van der Waals surface area contributed by atoms with Crippen molar-refractivity contribution < 1.29 is 10.2 Å². The number of allylic oxidation sites excluding steroid dienone is 5. The van der Waals surface area contributed by atoms with E-state index in [2.05, 4.69) is 59.8 Å². The molecule has 0 aromatic heterocycles. The Morgan fingerprint density at radius 2 is 1.81 bits per heavy atom. The quantitative estimate of drug-likeness (QED) is 0.443. The van der Waals surface area contributed by atoms with Crippen LogP contribution in [0.2, 0.25) is 0 Å². The first-order chi connectivity index (χ1) is 14.9. The van der Waals surface area contributed by atoms with Crippen molar-refractivity contribution in [3.63, 3.8) is 0 Å². The number of hydrogen-bond acceptors (Lipinski definition) is 2. The van der Waals surface area contributed by atoms with Crippen LogP contribution in [0.25, 0.3) is 0 Å². The summed E-state index contributed by atoms with van der Waals surface area (Å²) in [5, 5.41) is 20.1. The fourth-order valence-electron chi connectivity index (χ4n) is 8.80. The van der Waals surface area contributed by atoms with Crippen molar-refractivity contribution in [3.05, 3.63) is 34.9 Å². The third kappa shape index (κ3) is 3.34. The van der Waals surface area contributed by atoms with Crippen LogP contribution in [0, 0.1) is 39.4 Å². The molecule has 2 N–H and O–H groups in total. The van der Waals surface area contributed by atoms with Gasteiger partial charge in [-0.15, -0.1) is 0 Å². The lowest BCUT2D eigenvalue weighted by Crippen LogP contribution is -2.54. The molecular formula is C30H48O2. The van der Waals surface area contributed by atoms with Crippen LogP contribution in [0.1, 0.15) is 99.8 Å². The molecule has 4 aliphatic rings. The van der Waals surface area contributed by atoms with Gasteiger partial charge in [-0.2, -0.15) is 0 Å². The fourth-order valence-corrected chi connectivity index (χ4v) is 8.80. The molecule has 0 spiro atoms. The average molecular weight is 441 g/mol. The van der Waals surface area contributed by atoms with Gasteiger partial charge in [0.15, 0.2) is 0 Å². The van der Waals surface area contributed by atoms with E-state index in [0.717, 1.165) is 37.2 Å². The standard InChI is InChI=1S/C30H48O2/c1-20(19-31)9-8-10-21(2)22-13-17-30(7)24-11-12-25-27(3,4)26(32)15-16-28(25,5)23(24)14-18-29(22,30)6/h9,11,14,21-22,25-26,31-32H,8,10,12-13,15-19H2,1-7H3/b20-9-/t21-,22-,25+,26?,28-,29-,30+/m1/s1. The molecule has 180 valence electrons. The molecule has 0 amide bonds. The summed E-state index contributed by atoms with van der Waals surface area (Å²) >= 11 is 0. The van der Waals surface area contributed by atoms with Crippen molar-refractivity contribution in [2.45, 2.75) is 106 Å². The van der Waals surface area contributed by atoms with Gasteiger partial charge in [-0.25, -0.2) is 0 Å². The van der Waals surface area contributed by atoms with Gasteiger partial charge >= 0.3 is 0 Å². The molecule has 0 aliphatic heterocycles. The van der Waals surface area contributed by atoms with Crippen molar-refractivity contribution in [1.29, 1.82) is 0 Å². The maximum Gasteiger partial charge on any atom is 0.0639 e. The van der Waals surface area contributed by atoms with Crippen LogP contribution in [0.3, 0.4) is 0 Å². The summed E-state index contributed by atoms with van der Waals surface area (Å²) in [7, 11) is 0. The van der Waals surface area contributed by atoms with Crippen LogP contribution in [-0.2, 0) is 0 Å². The number of aliphatic hydroxyl groups excluding tert-OH is 2. The summed E-state index contributed by atoms with van der Waals surface area (Å²) in [6.45, 7) is 17.0. The zero-order chi connectivity index (χ0) is 23.5. The molecule has 2 nitrogen and oxygen atoms in total. The van der Waals surface area contributed by atoms with Gasteiger partial charge in [0.1, 0.15) is 0 Å². The summed E-state index contributed by atoms with van der Waals surface area (Å²) < 4.78 is 0. The van der Waals surface area contributed by atoms with E-state index in [9.17, 15) is 10.2 Å². The first-order valence-corrected chi connectivity index (χ1v) is 13.3. The minimum Gasteiger partial charge on any atom is -0.393 e. The van der Waals surface area contributed by atoms with E-state index in [1.165, 1.54) is 25.7 Å². The zero-order valence-corrected chi connectivity index (χ0v) is 21.8. The van der Waals surface area contributed by atoms with Crippen LogP contribution in [0.4, 0.5) is 0 Å². The molecular weight excluding hydrogens is 392 g/mol. The van der Waals surface area contributed by atoms with Gasteiger partial charge in [-0.05, 0) is 109 Å². The Morgan fingerprint density at radius 1 is 1.09 bits per heavy atom. The monoisotopic (exact) mass is 440 g/mol. The second-order valence-corrected chi connectivity index (χ2v) is 13.2. The molecule has 4 aliphatic carbocycles. The Balaban J connectivity index is 1.63. The van der Waals surface area contributed by atoms with Gasteiger partial charge in [0.25, 0.3) is 0 Å². The van der Waals surface area contributed by atoms with Crippen LogP contribution >= 0.6 is 0 Å². The summed E-state index contributed by atoms with van der Waals surface area (Å²) in [6.07, 6.45) is 16.6. The minimum atomic E-state index is -0.180. The molecule has 7 atom stereocenters. The maximum atomic E-state index is 10.8. The van der Waals surface area contributed by atoms with E-state index >= 15 is 0 Å². The molecule has 0 aromatic rings. The number of fused-ring (bicyclic) bond motifs is 5. The molecule has 0 aromatic carbocycles. The van der Waals surface area contributed by atoms with Gasteiger partial charge in [0.05, 0.1) is 12.7 Å². The first-order valence-electron chi connectivity index (χ1n) is 13.3. The first kappa shape index (κ1) is 24.3. The van der Waals surface area contributed by atoms with E-state index < -0.39 is 0 Å². The van der Waals surface area contributed by atoms with Crippen molar-refractivity contribution in [1.82, 2.24) is 0 Å². The van der Waals surface area contributed by atoms with E-state index in [0.29, 0.717) is 17.3 Å². The van der Waals surface area contributed by atoms with Crippen LogP contribution < -0.4 is 0 Å². The van der Waals surface area contributed by atoms with E-state index in [1.54, 1.807) is 11.1 Å². The van der Waals surface area contributed by atoms with Gasteiger partial charge in [0.2, 0.25) is 0 Å². The SMILES string of the molecule is C/C(=C/CC[C@@H](C)[C@H]1CC[C@@]2(C)C3=CC[C@H]4C(C)(C)C(O)CC[C@]4(C)C3=CC[C@]12C)CO. The highest BCUT2D eigenvalue weighted by Crippen LogP contribution is 2.71. The van der Waals surface area contributed by atoms with Crippen molar-refractivity contribution >= 4 is 0 Å². The molecule has 2 fully saturated rings. The summed E-state index contributed by atoms with van der Waals surface area (Å²) in [5.74, 6) is 1.99. The Labute approximate surface area is 197 Å². The third-order valence-corrected chi connectivity index (χ3v) is 11.3. The molecule has 0 heterocycles. The van der Waals surface area contributed by atoms with Crippen LogP contribution in [0.5, 0.6) is 0 Å². The molecule has 32 heavy (non-hydrogen) atoms. The lowest BCUT2D eigenvalue weighted by Gasteiger charge is -2.61. The largest absolute Gasteiger partial charge is 0.393 e. The molecule has 2 heteroatoms. The van der Waals surface area contributed by atoms with Gasteiger partial charge in [0, 0.05) is 0 Å². The zero-order valence-electron chi connectivity index (χ0n) is 21.8. The number of aliphatic hydroxyl groups is 2. The third-order valence-electron chi connectivity index (χ3n) is 11.3. The Hall–Kier alpha value is -0.860. The van der Waals surface area contributed by atoms with Crippen molar-refractivity contribution in [2.24, 2.45) is 39.4 Å². The van der Waals surface area contributed by atoms with Crippen molar-refractivity contribution in [2.75, 3.05) is 6.61 Å². The minimum absolute atomic E-state index is 0.0233. The highest BCUT2D eigenvalue weighted by Gasteiger charge is 2.62. The maximum absolute atomic E-state index is 10.8. The topological polar surface area (TPSA) is 40.5 Å². The second kappa shape index (κ2) is 8.12. The fraction of sp³-hybridized carbons (Fsp3) is 0.800. The Bertz CT molecular complexity index is 832. The highest BCUT2D eigenvalue weighted by atomic mass is 16.3. The lowest BCUT2D eigenvalue weighted by atomic mass is 9.44. The van der Waals surface area contributed by atoms with Crippen molar-refractivity contribution in [3.8, 4) is 0 Å². The van der Waals surface area contributed by atoms with Crippen LogP contribution in [0.15, 0.2) is 34.9 Å². The second-order valence-electron chi connectivity index (χ2n) is 13.2. The lowest BCUT2D eigenvalue weighted by molar-refractivity contribution is -0.0851. The number of hydrogen-bond donors (Lipinski definition) is 2. The van der Waals surface area contributed by atoms with E-state index in [1.807, 2.05) is 6.92 Å². The highest BCUT2D eigenvalue weighted by molar-refractivity contribution is 5.49. The van der Waals surface area contributed by atoms with E-state index in [-0.39, 0.29) is 29.0 Å². The molecule has 0 saturated heterocycles. The molecule has 0 bridgehead atoms. The van der Waals surface area contributed by atoms with Gasteiger partial charge < -0.3 is 10.2 Å². The molecule has 2 saturated carbocycles. The Kier molecular flexibility index (Phi) is 6.16. The molecule has 1 unspecified atom stereocenters. The summed E-state index contributed by atoms with van der Waals surface area (Å²) in [5.41, 5.74) is 5.18. The average Bonchev–Trinajstić information content (AvgIpc) is 3.02. The molecule has 4 rings (SSSR count). The van der Waals surface area contributed by atoms with Gasteiger partial charge in [-0.3, -0.25) is 0 Å². The molecule has 0 radical (unpaired) electrons. The predicted octanol–water partition coefficient (Wildman–Crippen LogP) is 7.23. The Morgan fingerprint density at radius 3 is 2.50 bits per heavy atom. The smallest absolute Gasteiger partial charge is 0.0639 e. The predicted molar refractivity (Wildman–Crippen MR) is 134 cm³/mol. The summed E-state index contributed by atoms with van der Waals surface area (Å²) in [6, 6.07) is 0. The van der Waals surface area contributed by atoms with Gasteiger partial charge in [-0.1, -0.05) is 65.3 Å².